The summed E-state index contributed by atoms with van der Waals surface area (Å²) in [7, 11) is 0. The molecule has 0 unspecified atom stereocenters. The van der Waals surface area contributed by atoms with Gasteiger partial charge in [0.1, 0.15) is 5.82 Å². The molecule has 0 aromatic heterocycles. The Balaban J connectivity index is 3.09. The van der Waals surface area contributed by atoms with Crippen LogP contribution in [0.1, 0.15) is 0 Å². The molecule has 1 rings (SSSR count). The third-order valence-corrected chi connectivity index (χ3v) is 1.18. The van der Waals surface area contributed by atoms with E-state index in [2.05, 4.69) is 4.74 Å². The van der Waals surface area contributed by atoms with Gasteiger partial charge in [-0.15, -0.1) is 13.2 Å². The molecular weight excluding hydrogens is 214 g/mol. The minimum atomic E-state index is -5.22. The Bertz CT molecular complexity index is 322. The monoisotopic (exact) mass is 216 g/mol. The van der Waals surface area contributed by atoms with Crippen LogP contribution in [0.4, 0.5) is 26.3 Å². The second-order valence-corrected chi connectivity index (χ2v) is 2.25. The highest BCUT2D eigenvalue weighted by atomic mass is 19.4. The Morgan fingerprint density at radius 3 is 1.71 bits per heavy atom. The molecule has 7 heteroatoms. The molecule has 0 radical (unpaired) electrons. The zero-order chi connectivity index (χ0) is 10.9. The molecule has 1 nitrogen and oxygen atoms in total. The number of rotatable bonds is 1. The lowest BCUT2D eigenvalue weighted by atomic mass is 10.3. The van der Waals surface area contributed by atoms with Crippen molar-refractivity contribution in [3.8, 4) is 5.75 Å². The van der Waals surface area contributed by atoms with Gasteiger partial charge in [-0.3, -0.25) is 0 Å². The number of benzene rings is 1. The van der Waals surface area contributed by atoms with Gasteiger partial charge in [-0.1, -0.05) is 0 Å². The van der Waals surface area contributed by atoms with Crippen LogP contribution in [-0.4, -0.2) is 6.36 Å². The second kappa shape index (κ2) is 3.39. The number of halogens is 6. The predicted octanol–water partition coefficient (Wildman–Crippen LogP) is 3.00. The molecule has 14 heavy (non-hydrogen) atoms. The van der Waals surface area contributed by atoms with Crippen molar-refractivity contribution in [3.63, 3.8) is 0 Å². The van der Waals surface area contributed by atoms with Gasteiger partial charge in [-0.25, -0.2) is 13.2 Å². The lowest BCUT2D eigenvalue weighted by molar-refractivity contribution is -0.276. The van der Waals surface area contributed by atoms with E-state index in [0.29, 0.717) is 0 Å². The number of alkyl halides is 3. The summed E-state index contributed by atoms with van der Waals surface area (Å²) in [5, 5.41) is 0. The standard InChI is InChI=1S/C7H2F6O/c8-3-1-4(9)6(5(10)2-3)14-7(11,12)13/h1-2H. The Morgan fingerprint density at radius 2 is 1.36 bits per heavy atom. The van der Waals surface area contributed by atoms with Crippen molar-refractivity contribution >= 4 is 0 Å². The lowest BCUT2D eigenvalue weighted by Gasteiger charge is -2.10. The largest absolute Gasteiger partial charge is 0.573 e. The maximum atomic E-state index is 12.5. The van der Waals surface area contributed by atoms with E-state index in [9.17, 15) is 26.3 Å². The summed E-state index contributed by atoms with van der Waals surface area (Å²) in [6.07, 6.45) is -5.22. The van der Waals surface area contributed by atoms with Crippen molar-refractivity contribution in [1.29, 1.82) is 0 Å². The molecule has 0 amide bonds. The minimum absolute atomic E-state index is 0.0875. The fourth-order valence-corrected chi connectivity index (χ4v) is 0.742. The summed E-state index contributed by atoms with van der Waals surface area (Å²) >= 11 is 0. The van der Waals surface area contributed by atoms with E-state index < -0.39 is 29.6 Å². The van der Waals surface area contributed by atoms with Gasteiger partial charge in [0.25, 0.3) is 0 Å². The number of ether oxygens (including phenoxy) is 1. The molecule has 78 valence electrons. The Morgan fingerprint density at radius 1 is 0.929 bits per heavy atom. The highest BCUT2D eigenvalue weighted by Crippen LogP contribution is 2.28. The molecule has 0 aliphatic rings. The molecular formula is C7H2F6O. The maximum absolute atomic E-state index is 12.5. The van der Waals surface area contributed by atoms with E-state index in [-0.39, 0.29) is 12.1 Å². The molecule has 0 atom stereocenters. The normalized spacial score (nSPS) is 11.6. The zero-order valence-corrected chi connectivity index (χ0v) is 6.33. The molecule has 1 aromatic carbocycles. The molecule has 1 aromatic rings. The quantitative estimate of drug-likeness (QED) is 0.655. The average molecular weight is 216 g/mol. The maximum Gasteiger partial charge on any atom is 0.573 e. The van der Waals surface area contributed by atoms with Crippen LogP contribution in [0.3, 0.4) is 0 Å². The van der Waals surface area contributed by atoms with E-state index in [1.807, 2.05) is 0 Å². The average Bonchev–Trinajstić information content (AvgIpc) is 1.95. The van der Waals surface area contributed by atoms with Gasteiger partial charge in [0.15, 0.2) is 11.6 Å². The van der Waals surface area contributed by atoms with Gasteiger partial charge in [-0.2, -0.15) is 0 Å². The van der Waals surface area contributed by atoms with Gasteiger partial charge in [0.2, 0.25) is 5.75 Å². The highest BCUT2D eigenvalue weighted by molar-refractivity contribution is 5.27. The van der Waals surface area contributed by atoms with Crippen LogP contribution < -0.4 is 4.74 Å². The molecule has 0 spiro atoms. The van der Waals surface area contributed by atoms with Crippen molar-refractivity contribution in [1.82, 2.24) is 0 Å². The fourth-order valence-electron chi connectivity index (χ4n) is 0.742. The highest BCUT2D eigenvalue weighted by Gasteiger charge is 2.34. The van der Waals surface area contributed by atoms with Gasteiger partial charge in [0, 0.05) is 12.1 Å². The Labute approximate surface area is 73.9 Å². The summed E-state index contributed by atoms with van der Waals surface area (Å²) < 4.78 is 75.0. The molecule has 0 heterocycles. The van der Waals surface area contributed by atoms with Crippen molar-refractivity contribution in [3.05, 3.63) is 29.6 Å². The summed E-state index contributed by atoms with van der Waals surface area (Å²) in [6, 6.07) is 0.175. The molecule has 0 aliphatic heterocycles. The van der Waals surface area contributed by atoms with Gasteiger partial charge in [-0.05, 0) is 0 Å². The fraction of sp³-hybridized carbons (Fsp3) is 0.143. The summed E-state index contributed by atoms with van der Waals surface area (Å²) in [4.78, 5) is 0. The van der Waals surface area contributed by atoms with Crippen LogP contribution in [0.5, 0.6) is 5.75 Å². The van der Waals surface area contributed by atoms with Gasteiger partial charge < -0.3 is 4.74 Å². The van der Waals surface area contributed by atoms with E-state index >= 15 is 0 Å². The minimum Gasteiger partial charge on any atom is -0.399 e. The van der Waals surface area contributed by atoms with Gasteiger partial charge in [0.05, 0.1) is 0 Å². The summed E-state index contributed by atoms with van der Waals surface area (Å²) in [5.41, 5.74) is 0. The topological polar surface area (TPSA) is 9.23 Å². The first-order valence-corrected chi connectivity index (χ1v) is 3.20. The first-order valence-electron chi connectivity index (χ1n) is 3.20. The van der Waals surface area contributed by atoms with Gasteiger partial charge >= 0.3 is 6.36 Å². The van der Waals surface area contributed by atoms with Crippen LogP contribution in [0, 0.1) is 17.5 Å². The SMILES string of the molecule is Fc1cc(F)c(OC(F)(F)F)c(F)c1. The van der Waals surface area contributed by atoms with Crippen LogP contribution in [0.25, 0.3) is 0 Å². The predicted molar refractivity (Wildman–Crippen MR) is 33.0 cm³/mol. The zero-order valence-electron chi connectivity index (χ0n) is 6.33. The van der Waals surface area contributed by atoms with Crippen molar-refractivity contribution in [2.24, 2.45) is 0 Å². The number of hydrogen-bond acceptors (Lipinski definition) is 1. The van der Waals surface area contributed by atoms with E-state index in [4.69, 9.17) is 0 Å². The molecule has 0 saturated carbocycles. The third-order valence-electron chi connectivity index (χ3n) is 1.18. The Kier molecular flexibility index (Phi) is 2.59. The second-order valence-electron chi connectivity index (χ2n) is 2.25. The molecule has 0 N–H and O–H groups in total. The van der Waals surface area contributed by atoms with E-state index in [1.54, 1.807) is 0 Å². The van der Waals surface area contributed by atoms with Crippen LogP contribution >= 0.6 is 0 Å². The molecule has 0 fully saturated rings. The summed E-state index contributed by atoms with van der Waals surface area (Å²) in [5.74, 6) is -6.49. The van der Waals surface area contributed by atoms with Crippen molar-refractivity contribution < 1.29 is 31.1 Å². The van der Waals surface area contributed by atoms with Crippen LogP contribution in [0.2, 0.25) is 0 Å². The lowest BCUT2D eigenvalue weighted by Crippen LogP contribution is -2.19. The summed E-state index contributed by atoms with van der Waals surface area (Å²) in [6.45, 7) is 0. The first-order chi connectivity index (χ1) is 6.29. The van der Waals surface area contributed by atoms with Crippen LogP contribution in [0.15, 0.2) is 12.1 Å². The first kappa shape index (κ1) is 10.7. The van der Waals surface area contributed by atoms with Crippen molar-refractivity contribution in [2.45, 2.75) is 6.36 Å². The Hall–Kier alpha value is -1.40. The molecule has 0 aliphatic carbocycles. The van der Waals surface area contributed by atoms with Crippen molar-refractivity contribution in [2.75, 3.05) is 0 Å². The van der Waals surface area contributed by atoms with E-state index in [0.717, 1.165) is 0 Å². The number of hydrogen-bond donors (Lipinski definition) is 0. The van der Waals surface area contributed by atoms with E-state index in [1.165, 1.54) is 0 Å². The molecule has 0 bridgehead atoms. The molecule has 0 saturated heterocycles. The van der Waals surface area contributed by atoms with Crippen LogP contribution in [-0.2, 0) is 0 Å². The third kappa shape index (κ3) is 2.54. The smallest absolute Gasteiger partial charge is 0.399 e.